The average molecular weight is 236 g/mol. The highest BCUT2D eigenvalue weighted by Gasteiger charge is 2.10. The number of hydrogen-bond acceptors (Lipinski definition) is 5. The molecule has 0 saturated heterocycles. The van der Waals surface area contributed by atoms with Crippen molar-refractivity contribution in [3.8, 4) is 0 Å². The van der Waals surface area contributed by atoms with Crippen LogP contribution in [0, 0.1) is 6.92 Å². The van der Waals surface area contributed by atoms with E-state index in [1.165, 1.54) is 4.88 Å². The van der Waals surface area contributed by atoms with E-state index in [0.29, 0.717) is 12.0 Å². The Labute approximate surface area is 98.9 Å². The Morgan fingerprint density at radius 2 is 2.25 bits per heavy atom. The second-order valence-electron chi connectivity index (χ2n) is 3.96. The molecule has 0 aromatic carbocycles. The summed E-state index contributed by atoms with van der Waals surface area (Å²) in [7, 11) is 0. The molecule has 5 heteroatoms. The number of nitrogens with one attached hydrogen (secondary N) is 1. The normalized spacial score (nSPS) is 12.9. The third kappa shape index (κ3) is 2.09. The summed E-state index contributed by atoms with van der Waals surface area (Å²) in [4.78, 5) is 10.7. The Morgan fingerprint density at radius 1 is 1.50 bits per heavy atom. The third-order valence-corrected chi connectivity index (χ3v) is 3.47. The number of aryl methyl sites for hydroxylation is 1. The predicted octanol–water partition coefficient (Wildman–Crippen LogP) is 2.79. The Hall–Kier alpha value is -1.36. The number of anilines is 2. The van der Waals surface area contributed by atoms with E-state index in [9.17, 15) is 0 Å². The van der Waals surface area contributed by atoms with Crippen molar-refractivity contribution in [2.24, 2.45) is 0 Å². The van der Waals surface area contributed by atoms with Gasteiger partial charge in [-0.2, -0.15) is 4.98 Å². The van der Waals surface area contributed by atoms with Crippen molar-refractivity contribution in [1.29, 1.82) is 0 Å². The summed E-state index contributed by atoms with van der Waals surface area (Å²) >= 11 is 1.64. The van der Waals surface area contributed by atoms with Crippen molar-refractivity contribution in [2.75, 3.05) is 11.1 Å². The fraction of sp³-hybridized carbons (Fsp3) is 0.455. The Balaban J connectivity index is 2.49. The van der Waals surface area contributed by atoms with Crippen molar-refractivity contribution in [3.05, 3.63) is 10.9 Å². The van der Waals surface area contributed by atoms with Crippen molar-refractivity contribution in [1.82, 2.24) is 9.97 Å². The van der Waals surface area contributed by atoms with Gasteiger partial charge in [0, 0.05) is 10.9 Å². The number of hydrogen-bond donors (Lipinski definition) is 2. The molecular formula is C11H16N4S. The quantitative estimate of drug-likeness (QED) is 0.860. The van der Waals surface area contributed by atoms with E-state index < -0.39 is 0 Å². The maximum Gasteiger partial charge on any atom is 0.223 e. The van der Waals surface area contributed by atoms with Gasteiger partial charge in [0.1, 0.15) is 10.6 Å². The summed E-state index contributed by atoms with van der Waals surface area (Å²) < 4.78 is 0. The largest absolute Gasteiger partial charge is 0.368 e. The van der Waals surface area contributed by atoms with Gasteiger partial charge in [-0.1, -0.05) is 6.92 Å². The smallest absolute Gasteiger partial charge is 0.223 e. The zero-order valence-electron chi connectivity index (χ0n) is 9.74. The number of fused-ring (bicyclic) bond motifs is 1. The molecule has 0 fully saturated rings. The highest BCUT2D eigenvalue weighted by molar-refractivity contribution is 7.18. The minimum Gasteiger partial charge on any atom is -0.368 e. The minimum atomic E-state index is 0.333. The SMILES string of the molecule is CCC(C)Nc1nc(N)nc2sc(C)cc12. The number of nitrogen functional groups attached to an aromatic ring is 1. The van der Waals surface area contributed by atoms with Crippen LogP contribution in [0.5, 0.6) is 0 Å². The molecule has 0 spiro atoms. The van der Waals surface area contributed by atoms with E-state index in [2.05, 4.69) is 42.1 Å². The molecule has 0 aliphatic heterocycles. The van der Waals surface area contributed by atoms with Gasteiger partial charge in [0.15, 0.2) is 0 Å². The van der Waals surface area contributed by atoms with Gasteiger partial charge >= 0.3 is 0 Å². The molecule has 0 bridgehead atoms. The second-order valence-corrected chi connectivity index (χ2v) is 5.19. The molecule has 0 aliphatic rings. The fourth-order valence-electron chi connectivity index (χ4n) is 1.50. The average Bonchev–Trinajstić information content (AvgIpc) is 2.58. The summed E-state index contributed by atoms with van der Waals surface area (Å²) in [5.74, 6) is 1.18. The van der Waals surface area contributed by atoms with Gasteiger partial charge in [-0.05, 0) is 26.3 Å². The van der Waals surface area contributed by atoms with E-state index in [1.807, 2.05) is 0 Å². The van der Waals surface area contributed by atoms with Crippen LogP contribution in [-0.2, 0) is 0 Å². The maximum absolute atomic E-state index is 5.70. The van der Waals surface area contributed by atoms with Crippen LogP contribution in [-0.4, -0.2) is 16.0 Å². The molecular weight excluding hydrogens is 220 g/mol. The van der Waals surface area contributed by atoms with Crippen LogP contribution in [0.3, 0.4) is 0 Å². The van der Waals surface area contributed by atoms with Crippen molar-refractivity contribution < 1.29 is 0 Å². The van der Waals surface area contributed by atoms with E-state index >= 15 is 0 Å². The van der Waals surface area contributed by atoms with Crippen molar-refractivity contribution in [3.63, 3.8) is 0 Å². The van der Waals surface area contributed by atoms with E-state index in [0.717, 1.165) is 22.5 Å². The minimum absolute atomic E-state index is 0.333. The van der Waals surface area contributed by atoms with Gasteiger partial charge in [-0.3, -0.25) is 0 Å². The molecule has 2 aromatic rings. The molecule has 3 N–H and O–H groups in total. The predicted molar refractivity (Wildman–Crippen MR) is 69.9 cm³/mol. The monoisotopic (exact) mass is 236 g/mol. The molecule has 1 unspecified atom stereocenters. The van der Waals surface area contributed by atoms with Crippen LogP contribution in [0.2, 0.25) is 0 Å². The maximum atomic E-state index is 5.70. The number of aromatic nitrogens is 2. The number of rotatable bonds is 3. The highest BCUT2D eigenvalue weighted by Crippen LogP contribution is 2.29. The Bertz CT molecular complexity index is 506. The van der Waals surface area contributed by atoms with Crippen molar-refractivity contribution >= 4 is 33.3 Å². The van der Waals surface area contributed by atoms with Crippen LogP contribution >= 0.6 is 11.3 Å². The third-order valence-electron chi connectivity index (χ3n) is 2.53. The summed E-state index contributed by atoms with van der Waals surface area (Å²) in [5.41, 5.74) is 5.70. The zero-order valence-corrected chi connectivity index (χ0v) is 10.6. The number of nitrogens with zero attached hydrogens (tertiary/aromatic N) is 2. The molecule has 2 aromatic heterocycles. The molecule has 16 heavy (non-hydrogen) atoms. The molecule has 4 nitrogen and oxygen atoms in total. The van der Waals surface area contributed by atoms with E-state index in [1.54, 1.807) is 11.3 Å². The standard InChI is InChI=1S/C11H16N4S/c1-4-6(2)13-9-8-5-7(3)16-10(8)15-11(12)14-9/h5-6H,4H2,1-3H3,(H3,12,13,14,15). The van der Waals surface area contributed by atoms with E-state index in [-0.39, 0.29) is 0 Å². The molecule has 86 valence electrons. The van der Waals surface area contributed by atoms with Crippen molar-refractivity contribution in [2.45, 2.75) is 33.2 Å². The summed E-state index contributed by atoms with van der Waals surface area (Å²) in [6.07, 6.45) is 1.05. The first-order chi connectivity index (χ1) is 7.60. The Morgan fingerprint density at radius 3 is 2.94 bits per heavy atom. The second kappa shape index (κ2) is 4.25. The van der Waals surface area contributed by atoms with Crippen LogP contribution < -0.4 is 11.1 Å². The van der Waals surface area contributed by atoms with Crippen LogP contribution in [0.25, 0.3) is 10.2 Å². The Kier molecular flexibility index (Phi) is 2.96. The van der Waals surface area contributed by atoms with Gasteiger partial charge in [-0.15, -0.1) is 11.3 Å². The molecule has 1 atom stereocenters. The van der Waals surface area contributed by atoms with E-state index in [4.69, 9.17) is 5.73 Å². The molecule has 0 saturated carbocycles. The lowest BCUT2D eigenvalue weighted by Gasteiger charge is -2.12. The summed E-state index contributed by atoms with van der Waals surface area (Å²) in [6, 6.07) is 2.49. The number of nitrogens with two attached hydrogens (primary N) is 1. The highest BCUT2D eigenvalue weighted by atomic mass is 32.1. The number of thiophene rings is 1. The van der Waals surface area contributed by atoms with Gasteiger partial charge in [0.25, 0.3) is 0 Å². The molecule has 2 heterocycles. The summed E-state index contributed by atoms with van der Waals surface area (Å²) in [5, 5.41) is 4.43. The lowest BCUT2D eigenvalue weighted by atomic mass is 10.2. The first-order valence-electron chi connectivity index (χ1n) is 5.40. The lowest BCUT2D eigenvalue weighted by molar-refractivity contribution is 0.760. The fourth-order valence-corrected chi connectivity index (χ4v) is 2.39. The topological polar surface area (TPSA) is 63.8 Å². The van der Waals surface area contributed by atoms with Gasteiger partial charge in [0.2, 0.25) is 5.95 Å². The van der Waals surface area contributed by atoms with Gasteiger partial charge < -0.3 is 11.1 Å². The molecule has 2 rings (SSSR count). The lowest BCUT2D eigenvalue weighted by Crippen LogP contribution is -2.15. The molecule has 0 amide bonds. The van der Waals surface area contributed by atoms with Gasteiger partial charge in [0.05, 0.1) is 5.39 Å². The van der Waals surface area contributed by atoms with Crippen LogP contribution in [0.4, 0.5) is 11.8 Å². The van der Waals surface area contributed by atoms with Crippen LogP contribution in [0.1, 0.15) is 25.1 Å². The first kappa shape index (κ1) is 11.1. The van der Waals surface area contributed by atoms with Gasteiger partial charge in [-0.25, -0.2) is 4.98 Å². The summed E-state index contributed by atoms with van der Waals surface area (Å²) in [6.45, 7) is 6.33. The first-order valence-corrected chi connectivity index (χ1v) is 6.22. The molecule has 0 aliphatic carbocycles. The molecule has 0 radical (unpaired) electrons. The van der Waals surface area contributed by atoms with Crippen LogP contribution in [0.15, 0.2) is 6.07 Å². The zero-order chi connectivity index (χ0) is 11.7.